The summed E-state index contributed by atoms with van der Waals surface area (Å²) >= 11 is 1.61. The van der Waals surface area contributed by atoms with Gasteiger partial charge in [0.25, 0.3) is 0 Å². The van der Waals surface area contributed by atoms with Crippen LogP contribution in [0.25, 0.3) is 21.6 Å². The maximum atomic E-state index is 13.3. The summed E-state index contributed by atoms with van der Waals surface area (Å²) in [5.41, 5.74) is 7.65. The Hall–Kier alpha value is -2.01. The van der Waals surface area contributed by atoms with Crippen molar-refractivity contribution in [1.82, 2.24) is 9.97 Å². The Labute approximate surface area is 113 Å². The lowest BCUT2D eigenvalue weighted by Gasteiger charge is -2.03. The van der Waals surface area contributed by atoms with Gasteiger partial charge < -0.3 is 5.73 Å². The van der Waals surface area contributed by atoms with E-state index in [4.69, 9.17) is 5.73 Å². The van der Waals surface area contributed by atoms with Gasteiger partial charge in [-0.2, -0.15) is 0 Å². The summed E-state index contributed by atoms with van der Waals surface area (Å²) in [6.07, 6.45) is 0. The van der Waals surface area contributed by atoms with E-state index in [0.29, 0.717) is 22.5 Å². The van der Waals surface area contributed by atoms with Gasteiger partial charge in [-0.1, -0.05) is 0 Å². The second-order valence-electron chi connectivity index (χ2n) is 4.44. The van der Waals surface area contributed by atoms with Crippen LogP contribution in [0, 0.1) is 19.7 Å². The van der Waals surface area contributed by atoms with Gasteiger partial charge in [-0.05, 0) is 37.6 Å². The van der Waals surface area contributed by atoms with Crippen molar-refractivity contribution in [3.8, 4) is 10.7 Å². The minimum absolute atomic E-state index is 0.324. The molecule has 0 aliphatic rings. The number of nitrogen functional groups attached to an aromatic ring is 1. The molecule has 0 amide bonds. The number of anilines is 1. The van der Waals surface area contributed by atoms with E-state index in [1.165, 1.54) is 22.6 Å². The highest BCUT2D eigenvalue weighted by Gasteiger charge is 2.11. The van der Waals surface area contributed by atoms with Crippen LogP contribution >= 0.6 is 11.3 Å². The number of hydrogen-bond acceptors (Lipinski definition) is 4. The van der Waals surface area contributed by atoms with Crippen LogP contribution in [0.15, 0.2) is 24.3 Å². The molecule has 3 nitrogen and oxygen atoms in total. The molecule has 0 aliphatic heterocycles. The lowest BCUT2D eigenvalue weighted by molar-refractivity contribution is 0.629. The molecule has 96 valence electrons. The lowest BCUT2D eigenvalue weighted by atomic mass is 10.2. The molecule has 2 N–H and O–H groups in total. The number of aromatic nitrogens is 2. The third-order valence-corrected chi connectivity index (χ3v) is 4.22. The van der Waals surface area contributed by atoms with Gasteiger partial charge in [-0.3, -0.25) is 0 Å². The zero-order chi connectivity index (χ0) is 13.6. The average molecular weight is 273 g/mol. The minimum Gasteiger partial charge on any atom is -0.383 e. The lowest BCUT2D eigenvalue weighted by Crippen LogP contribution is -1.97. The molecular formula is C14H12FN3S. The molecule has 0 spiro atoms. The predicted molar refractivity (Wildman–Crippen MR) is 76.7 cm³/mol. The highest BCUT2D eigenvalue weighted by Crippen LogP contribution is 2.30. The summed E-state index contributed by atoms with van der Waals surface area (Å²) in [6, 6.07) is 6.37. The van der Waals surface area contributed by atoms with E-state index >= 15 is 0 Å². The SMILES string of the molecule is Cc1cc(-c2nc(N)c3ccc(F)cc3n2)sc1C. The van der Waals surface area contributed by atoms with Crippen molar-refractivity contribution in [1.29, 1.82) is 0 Å². The van der Waals surface area contributed by atoms with Crippen LogP contribution in [-0.4, -0.2) is 9.97 Å². The Bertz CT molecular complexity index is 760. The van der Waals surface area contributed by atoms with E-state index in [2.05, 4.69) is 9.97 Å². The van der Waals surface area contributed by atoms with Gasteiger partial charge in [-0.25, -0.2) is 14.4 Å². The van der Waals surface area contributed by atoms with Crippen molar-refractivity contribution in [2.75, 3.05) is 5.73 Å². The van der Waals surface area contributed by atoms with Crippen molar-refractivity contribution >= 4 is 28.1 Å². The predicted octanol–water partition coefficient (Wildman–Crippen LogP) is 3.70. The van der Waals surface area contributed by atoms with Crippen LogP contribution in [0.4, 0.5) is 10.2 Å². The number of aryl methyl sites for hydroxylation is 2. The minimum atomic E-state index is -0.324. The maximum Gasteiger partial charge on any atom is 0.172 e. The van der Waals surface area contributed by atoms with Crippen LogP contribution < -0.4 is 5.73 Å². The van der Waals surface area contributed by atoms with Crippen LogP contribution in [0.3, 0.4) is 0 Å². The smallest absolute Gasteiger partial charge is 0.172 e. The van der Waals surface area contributed by atoms with Gasteiger partial charge in [0.1, 0.15) is 11.6 Å². The maximum absolute atomic E-state index is 13.3. The number of nitrogens with two attached hydrogens (primary N) is 1. The van der Waals surface area contributed by atoms with Gasteiger partial charge in [0.2, 0.25) is 0 Å². The number of benzene rings is 1. The van der Waals surface area contributed by atoms with Gasteiger partial charge in [0.15, 0.2) is 5.82 Å². The summed E-state index contributed by atoms with van der Waals surface area (Å²) < 4.78 is 13.3. The van der Waals surface area contributed by atoms with Crippen molar-refractivity contribution < 1.29 is 4.39 Å². The molecule has 1 aromatic carbocycles. The molecule has 0 aliphatic carbocycles. The van der Waals surface area contributed by atoms with Gasteiger partial charge in [0, 0.05) is 16.3 Å². The molecule has 0 atom stereocenters. The Balaban J connectivity index is 2.25. The number of nitrogens with zero attached hydrogens (tertiary/aromatic N) is 2. The fraction of sp³-hybridized carbons (Fsp3) is 0.143. The van der Waals surface area contributed by atoms with E-state index in [-0.39, 0.29) is 5.82 Å². The Morgan fingerprint density at radius 1 is 1.16 bits per heavy atom. The number of hydrogen-bond donors (Lipinski definition) is 1. The van der Waals surface area contributed by atoms with E-state index in [1.807, 2.05) is 19.9 Å². The third-order valence-electron chi connectivity index (χ3n) is 3.07. The second-order valence-corrected chi connectivity index (χ2v) is 5.70. The molecule has 2 aromatic heterocycles. The largest absolute Gasteiger partial charge is 0.383 e. The van der Waals surface area contributed by atoms with Crippen molar-refractivity contribution in [3.05, 3.63) is 40.5 Å². The van der Waals surface area contributed by atoms with Gasteiger partial charge >= 0.3 is 0 Å². The first-order chi connectivity index (χ1) is 9.04. The van der Waals surface area contributed by atoms with Crippen LogP contribution in [0.5, 0.6) is 0 Å². The second kappa shape index (κ2) is 4.28. The number of rotatable bonds is 1. The number of halogens is 1. The van der Waals surface area contributed by atoms with E-state index in [1.54, 1.807) is 17.4 Å². The molecule has 2 heterocycles. The highest BCUT2D eigenvalue weighted by molar-refractivity contribution is 7.15. The molecule has 0 saturated heterocycles. The number of thiophene rings is 1. The Kier molecular flexibility index (Phi) is 2.71. The molecule has 3 rings (SSSR count). The molecular weight excluding hydrogens is 261 g/mol. The Morgan fingerprint density at radius 2 is 1.95 bits per heavy atom. The summed E-state index contributed by atoms with van der Waals surface area (Å²) in [5.74, 6) is 0.607. The van der Waals surface area contributed by atoms with Crippen molar-refractivity contribution in [3.63, 3.8) is 0 Å². The normalized spacial score (nSPS) is 11.1. The van der Waals surface area contributed by atoms with E-state index in [9.17, 15) is 4.39 Å². The summed E-state index contributed by atoms with van der Waals surface area (Å²) in [5, 5.41) is 0.676. The van der Waals surface area contributed by atoms with Gasteiger partial charge in [-0.15, -0.1) is 11.3 Å². The van der Waals surface area contributed by atoms with Crippen LogP contribution in [0.2, 0.25) is 0 Å². The first kappa shape index (κ1) is 12.0. The van der Waals surface area contributed by atoms with Crippen molar-refractivity contribution in [2.45, 2.75) is 13.8 Å². The molecule has 0 saturated carbocycles. The number of fused-ring (bicyclic) bond motifs is 1. The monoisotopic (exact) mass is 273 g/mol. The van der Waals surface area contributed by atoms with E-state index < -0.39 is 0 Å². The molecule has 3 aromatic rings. The molecule has 0 unspecified atom stereocenters. The quantitative estimate of drug-likeness (QED) is 0.735. The first-order valence-electron chi connectivity index (χ1n) is 5.85. The molecule has 19 heavy (non-hydrogen) atoms. The topological polar surface area (TPSA) is 51.8 Å². The average Bonchev–Trinajstić information content (AvgIpc) is 2.69. The summed E-state index contributed by atoms with van der Waals surface area (Å²) in [6.45, 7) is 4.09. The molecule has 0 fully saturated rings. The van der Waals surface area contributed by atoms with Crippen LogP contribution in [0.1, 0.15) is 10.4 Å². The fourth-order valence-corrected chi connectivity index (χ4v) is 2.89. The fourth-order valence-electron chi connectivity index (χ4n) is 1.92. The van der Waals surface area contributed by atoms with Crippen LogP contribution in [-0.2, 0) is 0 Å². The zero-order valence-electron chi connectivity index (χ0n) is 10.6. The molecule has 5 heteroatoms. The highest BCUT2D eigenvalue weighted by atomic mass is 32.1. The van der Waals surface area contributed by atoms with E-state index in [0.717, 1.165) is 4.88 Å². The summed E-state index contributed by atoms with van der Waals surface area (Å²) in [7, 11) is 0. The molecule has 0 radical (unpaired) electrons. The standard InChI is InChI=1S/C14H12FN3S/c1-7-5-12(19-8(7)2)14-17-11-6-9(15)3-4-10(11)13(16)18-14/h3-6H,1-2H3,(H2,16,17,18). The molecule has 0 bridgehead atoms. The third kappa shape index (κ3) is 2.06. The Morgan fingerprint density at radius 3 is 2.63 bits per heavy atom. The van der Waals surface area contributed by atoms with Crippen molar-refractivity contribution in [2.24, 2.45) is 0 Å². The first-order valence-corrected chi connectivity index (χ1v) is 6.66. The zero-order valence-corrected chi connectivity index (χ0v) is 11.4. The van der Waals surface area contributed by atoms with Gasteiger partial charge in [0.05, 0.1) is 10.4 Å². The summed E-state index contributed by atoms with van der Waals surface area (Å²) in [4.78, 5) is 10.9.